The molecule has 1 N–H and O–H groups in total. The molecule has 0 atom stereocenters. The van der Waals surface area contributed by atoms with Gasteiger partial charge in [0.1, 0.15) is 12.3 Å². The summed E-state index contributed by atoms with van der Waals surface area (Å²) in [5.41, 5.74) is 0.336. The van der Waals surface area contributed by atoms with E-state index in [1.165, 1.54) is 12.1 Å². The van der Waals surface area contributed by atoms with Crippen molar-refractivity contribution in [2.24, 2.45) is 0 Å². The summed E-state index contributed by atoms with van der Waals surface area (Å²) in [5.74, 6) is -0.0463. The highest BCUT2D eigenvalue weighted by Crippen LogP contribution is 2.25. The Morgan fingerprint density at radius 3 is 2.63 bits per heavy atom. The molecule has 1 aromatic rings. The molecule has 0 saturated heterocycles. The van der Waals surface area contributed by atoms with Gasteiger partial charge in [-0.2, -0.15) is 0 Å². The minimum absolute atomic E-state index is 0.0550. The molecule has 0 heterocycles. The molecule has 1 aromatic carbocycles. The average Bonchev–Trinajstić information content (AvgIpc) is 2.37. The van der Waals surface area contributed by atoms with Crippen molar-refractivity contribution in [2.75, 3.05) is 25.1 Å². The number of nitro benzene ring substituents is 1. The Morgan fingerprint density at radius 2 is 2.05 bits per heavy atom. The Kier molecular flexibility index (Phi) is 5.59. The summed E-state index contributed by atoms with van der Waals surface area (Å²) in [6, 6.07) is 4.26. The van der Waals surface area contributed by atoms with Gasteiger partial charge in [0.2, 0.25) is 0 Å². The number of carbonyl (C=O) groups is 1. The second-order valence-corrected chi connectivity index (χ2v) is 3.56. The monoisotopic (exact) mass is 268 g/mol. The lowest BCUT2D eigenvalue weighted by Gasteiger charge is -2.08. The third kappa shape index (κ3) is 4.82. The van der Waals surface area contributed by atoms with Gasteiger partial charge in [0, 0.05) is 17.8 Å². The summed E-state index contributed by atoms with van der Waals surface area (Å²) in [7, 11) is 0. The van der Waals surface area contributed by atoms with E-state index < -0.39 is 10.9 Å². The van der Waals surface area contributed by atoms with Crippen LogP contribution in [0, 0.1) is 10.1 Å². The largest absolute Gasteiger partial charge is 0.494 e. The van der Waals surface area contributed by atoms with Crippen LogP contribution in [0.4, 0.5) is 11.4 Å². The van der Waals surface area contributed by atoms with Gasteiger partial charge in [-0.15, -0.1) is 0 Å². The smallest absolute Gasteiger partial charge is 0.325 e. The lowest BCUT2D eigenvalue weighted by atomic mass is 10.2. The first-order valence-electron chi connectivity index (χ1n) is 5.88. The molecule has 0 bridgehead atoms. The van der Waals surface area contributed by atoms with E-state index in [1.807, 2.05) is 0 Å². The maximum Gasteiger partial charge on any atom is 0.325 e. The quantitative estimate of drug-likeness (QED) is 0.462. The summed E-state index contributed by atoms with van der Waals surface area (Å²) in [5, 5.41) is 13.5. The normalized spacial score (nSPS) is 9.79. The molecule has 0 spiro atoms. The van der Waals surface area contributed by atoms with Crippen molar-refractivity contribution in [3.8, 4) is 5.75 Å². The lowest BCUT2D eigenvalue weighted by Crippen LogP contribution is -2.16. The van der Waals surface area contributed by atoms with E-state index in [0.29, 0.717) is 24.7 Å². The van der Waals surface area contributed by atoms with Gasteiger partial charge < -0.3 is 14.8 Å². The highest BCUT2D eigenvalue weighted by atomic mass is 16.6. The summed E-state index contributed by atoms with van der Waals surface area (Å²) < 4.78 is 9.98. The number of esters is 1. The van der Waals surface area contributed by atoms with Gasteiger partial charge in [-0.25, -0.2) is 0 Å². The molecule has 0 saturated carbocycles. The lowest BCUT2D eigenvalue weighted by molar-refractivity contribution is -0.384. The molecule has 0 aliphatic carbocycles. The molecule has 19 heavy (non-hydrogen) atoms. The molecule has 0 unspecified atom stereocenters. The van der Waals surface area contributed by atoms with Gasteiger partial charge in [-0.1, -0.05) is 0 Å². The van der Waals surface area contributed by atoms with Crippen LogP contribution in [0.1, 0.15) is 13.8 Å². The number of non-ortho nitro benzene ring substituents is 1. The predicted molar refractivity (Wildman–Crippen MR) is 69.4 cm³/mol. The van der Waals surface area contributed by atoms with Crippen LogP contribution in [0.5, 0.6) is 5.75 Å². The zero-order valence-corrected chi connectivity index (χ0v) is 10.8. The Bertz CT molecular complexity index is 461. The molecule has 0 fully saturated rings. The van der Waals surface area contributed by atoms with Gasteiger partial charge in [-0.05, 0) is 13.8 Å². The number of benzene rings is 1. The SMILES string of the molecule is CCOC(=O)CNc1cc(OCC)cc([N+](=O)[O-])c1. The Morgan fingerprint density at radius 1 is 1.32 bits per heavy atom. The highest BCUT2D eigenvalue weighted by molar-refractivity contribution is 5.75. The molecule has 0 amide bonds. The summed E-state index contributed by atoms with van der Waals surface area (Å²) in [4.78, 5) is 21.5. The van der Waals surface area contributed by atoms with Gasteiger partial charge in [0.25, 0.3) is 5.69 Å². The van der Waals surface area contributed by atoms with Crippen LogP contribution in [0.2, 0.25) is 0 Å². The zero-order valence-electron chi connectivity index (χ0n) is 10.8. The number of nitrogens with zero attached hydrogens (tertiary/aromatic N) is 1. The number of hydrogen-bond donors (Lipinski definition) is 1. The Labute approximate surface area is 110 Å². The molecule has 0 aliphatic heterocycles. The first-order chi connectivity index (χ1) is 9.06. The van der Waals surface area contributed by atoms with Crippen LogP contribution < -0.4 is 10.1 Å². The van der Waals surface area contributed by atoms with Gasteiger partial charge in [0.05, 0.1) is 24.2 Å². The number of carbonyl (C=O) groups excluding carboxylic acids is 1. The Hall–Kier alpha value is -2.31. The number of ether oxygens (including phenoxy) is 2. The van der Waals surface area contributed by atoms with Crippen LogP contribution in [0.3, 0.4) is 0 Å². The van der Waals surface area contributed by atoms with Gasteiger partial charge in [-0.3, -0.25) is 14.9 Å². The number of nitrogens with one attached hydrogen (secondary N) is 1. The molecule has 0 aliphatic rings. The highest BCUT2D eigenvalue weighted by Gasteiger charge is 2.11. The standard InChI is InChI=1S/C12H16N2O5/c1-3-18-11-6-9(5-10(7-11)14(16)17)13-8-12(15)19-4-2/h5-7,13H,3-4,8H2,1-2H3. The molecule has 7 heteroatoms. The Balaban J connectivity index is 2.81. The van der Waals surface area contributed by atoms with Crippen LogP contribution >= 0.6 is 0 Å². The second kappa shape index (κ2) is 7.20. The van der Waals surface area contributed by atoms with Crippen molar-refractivity contribution in [2.45, 2.75) is 13.8 Å². The minimum Gasteiger partial charge on any atom is -0.494 e. The van der Waals surface area contributed by atoms with E-state index >= 15 is 0 Å². The van der Waals surface area contributed by atoms with Crippen molar-refractivity contribution in [1.82, 2.24) is 0 Å². The molecule has 0 radical (unpaired) electrons. The minimum atomic E-state index is -0.516. The number of rotatable bonds is 7. The van der Waals surface area contributed by atoms with Gasteiger partial charge >= 0.3 is 5.97 Å². The van der Waals surface area contributed by atoms with E-state index in [1.54, 1.807) is 19.9 Å². The van der Waals surface area contributed by atoms with Crippen molar-refractivity contribution < 1.29 is 19.2 Å². The van der Waals surface area contributed by atoms with Crippen molar-refractivity contribution in [3.63, 3.8) is 0 Å². The first kappa shape index (κ1) is 14.7. The third-order valence-corrected chi connectivity index (χ3v) is 2.16. The number of nitro groups is 1. The van der Waals surface area contributed by atoms with Crippen LogP contribution in [-0.4, -0.2) is 30.7 Å². The van der Waals surface area contributed by atoms with Crippen LogP contribution in [0.25, 0.3) is 0 Å². The van der Waals surface area contributed by atoms with E-state index in [9.17, 15) is 14.9 Å². The summed E-state index contributed by atoms with van der Waals surface area (Å²) in [6.07, 6.45) is 0. The zero-order chi connectivity index (χ0) is 14.3. The van der Waals surface area contributed by atoms with Crippen LogP contribution in [0.15, 0.2) is 18.2 Å². The fourth-order valence-electron chi connectivity index (χ4n) is 1.43. The average molecular weight is 268 g/mol. The predicted octanol–water partition coefficient (Wildman–Crippen LogP) is 1.97. The van der Waals surface area contributed by atoms with Crippen LogP contribution in [-0.2, 0) is 9.53 Å². The van der Waals surface area contributed by atoms with Crippen molar-refractivity contribution in [3.05, 3.63) is 28.3 Å². The second-order valence-electron chi connectivity index (χ2n) is 3.56. The molecule has 7 nitrogen and oxygen atoms in total. The number of hydrogen-bond acceptors (Lipinski definition) is 6. The fourth-order valence-corrected chi connectivity index (χ4v) is 1.43. The van der Waals surface area contributed by atoms with E-state index in [2.05, 4.69) is 5.32 Å². The molecular formula is C12H16N2O5. The van der Waals surface area contributed by atoms with Gasteiger partial charge in [0.15, 0.2) is 0 Å². The van der Waals surface area contributed by atoms with Crippen molar-refractivity contribution in [1.29, 1.82) is 0 Å². The summed E-state index contributed by atoms with van der Waals surface area (Å²) in [6.45, 7) is 4.13. The molecule has 1 rings (SSSR count). The van der Waals surface area contributed by atoms with E-state index in [4.69, 9.17) is 9.47 Å². The topological polar surface area (TPSA) is 90.7 Å². The van der Waals surface area contributed by atoms with E-state index in [0.717, 1.165) is 0 Å². The fraction of sp³-hybridized carbons (Fsp3) is 0.417. The van der Waals surface area contributed by atoms with E-state index in [-0.39, 0.29) is 12.2 Å². The summed E-state index contributed by atoms with van der Waals surface area (Å²) >= 11 is 0. The molecular weight excluding hydrogens is 252 g/mol. The van der Waals surface area contributed by atoms with Crippen molar-refractivity contribution >= 4 is 17.3 Å². The first-order valence-corrected chi connectivity index (χ1v) is 5.88. The molecule has 0 aromatic heterocycles. The maximum atomic E-state index is 11.2. The number of anilines is 1. The third-order valence-electron chi connectivity index (χ3n) is 2.16. The maximum absolute atomic E-state index is 11.2. The molecule has 104 valence electrons.